The van der Waals surface area contributed by atoms with Gasteiger partial charge in [-0.3, -0.25) is 14.6 Å². The molecule has 0 spiro atoms. The minimum absolute atomic E-state index is 0.0289. The minimum atomic E-state index is -0.208. The van der Waals surface area contributed by atoms with Crippen LogP contribution < -0.4 is 5.32 Å². The number of hydrogen-bond acceptors (Lipinski definition) is 3. The molecule has 2 rings (SSSR count). The Kier molecular flexibility index (Phi) is 3.14. The summed E-state index contributed by atoms with van der Waals surface area (Å²) in [6.45, 7) is 1.42. The zero-order valence-corrected chi connectivity index (χ0v) is 9.43. The van der Waals surface area contributed by atoms with Crippen LogP contribution in [0.25, 0.3) is 10.9 Å². The van der Waals surface area contributed by atoms with Gasteiger partial charge < -0.3 is 5.32 Å². The highest BCUT2D eigenvalue weighted by Gasteiger charge is 2.07. The van der Waals surface area contributed by atoms with Crippen LogP contribution in [0.5, 0.6) is 0 Å². The van der Waals surface area contributed by atoms with Gasteiger partial charge in [0, 0.05) is 24.1 Å². The maximum Gasteiger partial charge on any atom is 0.217 e. The van der Waals surface area contributed by atoms with E-state index in [-0.39, 0.29) is 18.2 Å². The summed E-state index contributed by atoms with van der Waals surface area (Å²) in [6, 6.07) is 9.03. The Morgan fingerprint density at radius 1 is 1.29 bits per heavy atom. The molecule has 2 aromatic rings. The van der Waals surface area contributed by atoms with E-state index in [4.69, 9.17) is 0 Å². The van der Waals surface area contributed by atoms with Crippen molar-refractivity contribution in [3.8, 4) is 0 Å². The lowest BCUT2D eigenvalue weighted by Crippen LogP contribution is -2.27. The number of Topliss-reactive ketones (excluding diaryl/α,β-unsaturated/α-hetero) is 1. The van der Waals surface area contributed by atoms with E-state index in [9.17, 15) is 9.59 Å². The zero-order valence-electron chi connectivity index (χ0n) is 9.43. The van der Waals surface area contributed by atoms with Crippen LogP contribution in [0.4, 0.5) is 0 Å². The maximum atomic E-state index is 11.8. The van der Waals surface area contributed by atoms with Crippen molar-refractivity contribution >= 4 is 22.6 Å². The number of pyridine rings is 1. The summed E-state index contributed by atoms with van der Waals surface area (Å²) in [5.74, 6) is -0.313. The van der Waals surface area contributed by atoms with E-state index in [0.717, 1.165) is 10.9 Å². The predicted molar refractivity (Wildman–Crippen MR) is 64.8 cm³/mol. The Morgan fingerprint density at radius 3 is 2.88 bits per heavy atom. The van der Waals surface area contributed by atoms with Gasteiger partial charge in [0.1, 0.15) is 0 Å². The number of aromatic nitrogens is 1. The van der Waals surface area contributed by atoms with Gasteiger partial charge in [-0.05, 0) is 24.3 Å². The first kappa shape index (κ1) is 11.3. The molecule has 1 aromatic heterocycles. The topological polar surface area (TPSA) is 59.1 Å². The molecule has 0 atom stereocenters. The molecule has 17 heavy (non-hydrogen) atoms. The third-order valence-electron chi connectivity index (χ3n) is 2.42. The highest BCUT2D eigenvalue weighted by Crippen LogP contribution is 2.13. The number of hydrogen-bond donors (Lipinski definition) is 1. The largest absolute Gasteiger partial charge is 0.349 e. The van der Waals surface area contributed by atoms with Gasteiger partial charge in [0.05, 0.1) is 12.1 Å². The lowest BCUT2D eigenvalue weighted by Gasteiger charge is -2.03. The van der Waals surface area contributed by atoms with E-state index < -0.39 is 0 Å². The molecule has 0 radical (unpaired) electrons. The first-order valence-electron chi connectivity index (χ1n) is 5.29. The van der Waals surface area contributed by atoms with Gasteiger partial charge in [-0.1, -0.05) is 6.07 Å². The molecular weight excluding hydrogens is 216 g/mol. The molecule has 0 aliphatic rings. The molecule has 86 valence electrons. The van der Waals surface area contributed by atoms with Crippen LogP contribution >= 0.6 is 0 Å². The molecule has 0 aliphatic carbocycles. The average Bonchev–Trinajstić information content (AvgIpc) is 2.35. The van der Waals surface area contributed by atoms with Crippen molar-refractivity contribution in [1.82, 2.24) is 10.3 Å². The standard InChI is InChI=1S/C13H12N2O2/c1-9(16)15-8-13(17)11-4-5-12-10(7-11)3-2-6-14-12/h2-7H,8H2,1H3,(H,15,16). The first-order valence-corrected chi connectivity index (χ1v) is 5.29. The van der Waals surface area contributed by atoms with Crippen LogP contribution in [-0.4, -0.2) is 23.2 Å². The van der Waals surface area contributed by atoms with Crippen LogP contribution in [0.15, 0.2) is 36.5 Å². The number of benzene rings is 1. The summed E-state index contributed by atoms with van der Waals surface area (Å²) in [6.07, 6.45) is 1.71. The van der Waals surface area contributed by atoms with Crippen LogP contribution in [-0.2, 0) is 4.79 Å². The number of rotatable bonds is 3. The molecule has 0 saturated heterocycles. The third kappa shape index (κ3) is 2.66. The molecule has 0 saturated carbocycles. The number of carbonyl (C=O) groups excluding carboxylic acids is 2. The number of nitrogens with zero attached hydrogens (tertiary/aromatic N) is 1. The number of fused-ring (bicyclic) bond motifs is 1. The Morgan fingerprint density at radius 2 is 2.12 bits per heavy atom. The fourth-order valence-corrected chi connectivity index (χ4v) is 1.56. The SMILES string of the molecule is CC(=O)NCC(=O)c1ccc2ncccc2c1. The molecular formula is C13H12N2O2. The smallest absolute Gasteiger partial charge is 0.217 e. The van der Waals surface area contributed by atoms with Gasteiger partial charge in [-0.2, -0.15) is 0 Å². The summed E-state index contributed by atoms with van der Waals surface area (Å²) in [5, 5.41) is 3.41. The fourth-order valence-electron chi connectivity index (χ4n) is 1.56. The normalized spacial score (nSPS) is 10.2. The lowest BCUT2D eigenvalue weighted by molar-refractivity contribution is -0.118. The van der Waals surface area contributed by atoms with Gasteiger partial charge in [-0.15, -0.1) is 0 Å². The predicted octanol–water partition coefficient (Wildman–Crippen LogP) is 1.55. The second kappa shape index (κ2) is 4.74. The van der Waals surface area contributed by atoms with Crippen molar-refractivity contribution in [3.63, 3.8) is 0 Å². The Labute approximate surface area is 98.7 Å². The summed E-state index contributed by atoms with van der Waals surface area (Å²) < 4.78 is 0. The summed E-state index contributed by atoms with van der Waals surface area (Å²) in [4.78, 5) is 26.7. The van der Waals surface area contributed by atoms with Crippen molar-refractivity contribution in [3.05, 3.63) is 42.1 Å². The van der Waals surface area contributed by atoms with Gasteiger partial charge in [0.25, 0.3) is 0 Å². The molecule has 1 amide bonds. The monoisotopic (exact) mass is 228 g/mol. The van der Waals surface area contributed by atoms with E-state index in [0.29, 0.717) is 5.56 Å². The fraction of sp³-hybridized carbons (Fsp3) is 0.154. The molecule has 0 fully saturated rings. The van der Waals surface area contributed by atoms with E-state index >= 15 is 0 Å². The van der Waals surface area contributed by atoms with Crippen molar-refractivity contribution < 1.29 is 9.59 Å². The number of ketones is 1. The van der Waals surface area contributed by atoms with Crippen LogP contribution in [0.2, 0.25) is 0 Å². The van der Waals surface area contributed by atoms with Gasteiger partial charge in [0.2, 0.25) is 5.91 Å². The van der Waals surface area contributed by atoms with Gasteiger partial charge in [0.15, 0.2) is 5.78 Å². The minimum Gasteiger partial charge on any atom is -0.349 e. The van der Waals surface area contributed by atoms with Crippen molar-refractivity contribution in [2.75, 3.05) is 6.54 Å². The third-order valence-corrected chi connectivity index (χ3v) is 2.42. The van der Waals surface area contributed by atoms with E-state index in [2.05, 4.69) is 10.3 Å². The molecule has 0 unspecified atom stereocenters. The van der Waals surface area contributed by atoms with E-state index in [1.807, 2.05) is 12.1 Å². The lowest BCUT2D eigenvalue weighted by atomic mass is 10.1. The summed E-state index contributed by atoms with van der Waals surface area (Å²) in [7, 11) is 0. The molecule has 0 aliphatic heterocycles. The highest BCUT2D eigenvalue weighted by molar-refractivity contribution is 6.01. The summed E-state index contributed by atoms with van der Waals surface area (Å²) >= 11 is 0. The molecule has 4 heteroatoms. The van der Waals surface area contributed by atoms with Crippen LogP contribution in [0, 0.1) is 0 Å². The molecule has 0 bridgehead atoms. The Hall–Kier alpha value is -2.23. The molecule has 1 heterocycles. The molecule has 1 aromatic carbocycles. The average molecular weight is 228 g/mol. The number of carbonyl (C=O) groups is 2. The quantitative estimate of drug-likeness (QED) is 0.811. The maximum absolute atomic E-state index is 11.8. The van der Waals surface area contributed by atoms with Crippen molar-refractivity contribution in [2.45, 2.75) is 6.92 Å². The Bertz CT molecular complexity index is 578. The van der Waals surface area contributed by atoms with Gasteiger partial charge >= 0.3 is 0 Å². The van der Waals surface area contributed by atoms with Crippen LogP contribution in [0.1, 0.15) is 17.3 Å². The highest BCUT2D eigenvalue weighted by atomic mass is 16.2. The second-order valence-electron chi connectivity index (χ2n) is 3.74. The van der Waals surface area contributed by atoms with Crippen LogP contribution in [0.3, 0.4) is 0 Å². The van der Waals surface area contributed by atoms with Crippen molar-refractivity contribution in [1.29, 1.82) is 0 Å². The molecule has 1 N–H and O–H groups in total. The Balaban J connectivity index is 2.24. The second-order valence-corrected chi connectivity index (χ2v) is 3.74. The van der Waals surface area contributed by atoms with Gasteiger partial charge in [-0.25, -0.2) is 0 Å². The van der Waals surface area contributed by atoms with Crippen molar-refractivity contribution in [2.24, 2.45) is 0 Å². The molecule has 4 nitrogen and oxygen atoms in total. The number of amides is 1. The first-order chi connectivity index (χ1) is 8.16. The van der Waals surface area contributed by atoms with E-state index in [1.165, 1.54) is 6.92 Å². The number of nitrogens with one attached hydrogen (secondary N) is 1. The zero-order chi connectivity index (χ0) is 12.3. The van der Waals surface area contributed by atoms with E-state index in [1.54, 1.807) is 24.4 Å². The summed E-state index contributed by atoms with van der Waals surface area (Å²) in [5.41, 5.74) is 1.43.